The molecular weight excluding hydrogens is 320 g/mol. The van der Waals surface area contributed by atoms with Crippen LogP contribution in [0.25, 0.3) is 0 Å². The lowest BCUT2D eigenvalue weighted by Gasteiger charge is -2.18. The molecule has 2 N–H and O–H groups in total. The zero-order chi connectivity index (χ0) is 18.2. The van der Waals surface area contributed by atoms with Crippen molar-refractivity contribution < 1.29 is 24.5 Å². The van der Waals surface area contributed by atoms with Crippen molar-refractivity contribution >= 4 is 5.97 Å². The Morgan fingerprint density at radius 1 is 1.36 bits per heavy atom. The second-order valence-corrected chi connectivity index (χ2v) is 7.64. The van der Waals surface area contributed by atoms with E-state index in [2.05, 4.69) is 6.92 Å². The van der Waals surface area contributed by atoms with Gasteiger partial charge in [0.2, 0.25) is 0 Å². The van der Waals surface area contributed by atoms with Gasteiger partial charge in [-0.25, -0.2) is 4.79 Å². The van der Waals surface area contributed by atoms with Gasteiger partial charge in [0.15, 0.2) is 0 Å². The van der Waals surface area contributed by atoms with E-state index in [0.717, 1.165) is 36.8 Å². The van der Waals surface area contributed by atoms with Crippen molar-refractivity contribution in [2.24, 2.45) is 0 Å². The van der Waals surface area contributed by atoms with Crippen LogP contribution in [0.15, 0.2) is 34.4 Å². The number of epoxide rings is 1. The monoisotopic (exact) mass is 348 g/mol. The Hall–Kier alpha value is -1.43. The maximum atomic E-state index is 12.0. The van der Waals surface area contributed by atoms with Crippen molar-refractivity contribution in [1.82, 2.24) is 0 Å². The summed E-state index contributed by atoms with van der Waals surface area (Å²) in [5.41, 5.74) is 3.02. The zero-order valence-corrected chi connectivity index (χ0v) is 15.2. The van der Waals surface area contributed by atoms with Crippen LogP contribution >= 0.6 is 0 Å². The summed E-state index contributed by atoms with van der Waals surface area (Å²) in [5, 5.41) is 20.2. The zero-order valence-electron chi connectivity index (χ0n) is 15.2. The van der Waals surface area contributed by atoms with Gasteiger partial charge in [0, 0.05) is 12.0 Å². The molecule has 4 atom stereocenters. The van der Waals surface area contributed by atoms with Crippen LogP contribution in [0.1, 0.15) is 52.9 Å². The predicted octanol–water partition coefficient (Wildman–Crippen LogP) is 2.58. The molecule has 5 heteroatoms. The van der Waals surface area contributed by atoms with E-state index in [4.69, 9.17) is 9.47 Å². The number of hydrogen-bond acceptors (Lipinski definition) is 5. The number of carbonyl (C=O) groups is 1. The largest absolute Gasteiger partial charge is 0.450 e. The fraction of sp³-hybridized carbons (Fsp3) is 0.650. The fourth-order valence-electron chi connectivity index (χ4n) is 3.79. The van der Waals surface area contributed by atoms with Crippen molar-refractivity contribution in [2.75, 3.05) is 6.61 Å². The van der Waals surface area contributed by atoms with Crippen LogP contribution < -0.4 is 0 Å². The molecule has 2 heterocycles. The topological polar surface area (TPSA) is 79.3 Å². The maximum absolute atomic E-state index is 12.0. The van der Waals surface area contributed by atoms with Crippen molar-refractivity contribution in [3.05, 3.63) is 34.4 Å². The third kappa shape index (κ3) is 3.89. The van der Waals surface area contributed by atoms with Gasteiger partial charge < -0.3 is 19.7 Å². The molecule has 1 fully saturated rings. The molecule has 0 saturated carbocycles. The number of aliphatic hydroxyl groups excluding tert-OH is 2. The molecular formula is C20H28O5. The number of aliphatic hydroxyl groups is 2. The number of hydrogen-bond donors (Lipinski definition) is 2. The fourth-order valence-corrected chi connectivity index (χ4v) is 3.79. The third-order valence-electron chi connectivity index (χ3n) is 5.71. The van der Waals surface area contributed by atoms with Gasteiger partial charge in [-0.2, -0.15) is 0 Å². The minimum atomic E-state index is -0.813. The summed E-state index contributed by atoms with van der Waals surface area (Å²) in [7, 11) is 0. The molecule has 1 aliphatic carbocycles. The van der Waals surface area contributed by atoms with Crippen molar-refractivity contribution in [1.29, 1.82) is 0 Å². The summed E-state index contributed by atoms with van der Waals surface area (Å²) in [6, 6.07) is 0. The van der Waals surface area contributed by atoms with Crippen LogP contribution in [0, 0.1) is 0 Å². The second kappa shape index (κ2) is 7.06. The van der Waals surface area contributed by atoms with Crippen LogP contribution in [-0.2, 0) is 14.3 Å². The molecule has 0 bridgehead atoms. The van der Waals surface area contributed by atoms with Gasteiger partial charge >= 0.3 is 5.97 Å². The summed E-state index contributed by atoms with van der Waals surface area (Å²) < 4.78 is 11.3. The first-order valence-electron chi connectivity index (χ1n) is 9.07. The van der Waals surface area contributed by atoms with E-state index in [1.165, 1.54) is 0 Å². The Bertz CT molecular complexity index is 644. The highest BCUT2D eigenvalue weighted by Crippen LogP contribution is 2.44. The van der Waals surface area contributed by atoms with E-state index in [-0.39, 0.29) is 24.3 Å². The number of rotatable bonds is 1. The van der Waals surface area contributed by atoms with E-state index in [9.17, 15) is 15.0 Å². The Labute approximate surface area is 149 Å². The lowest BCUT2D eigenvalue weighted by atomic mass is 9.91. The molecule has 0 aromatic carbocycles. The Morgan fingerprint density at radius 2 is 2.12 bits per heavy atom. The molecule has 0 aromatic rings. The van der Waals surface area contributed by atoms with E-state index in [1.807, 2.05) is 19.1 Å². The molecule has 0 spiro atoms. The van der Waals surface area contributed by atoms with Crippen molar-refractivity contribution in [2.45, 2.75) is 76.8 Å². The quantitative estimate of drug-likeness (QED) is 0.432. The first kappa shape index (κ1) is 18.4. The van der Waals surface area contributed by atoms with Gasteiger partial charge in [-0.05, 0) is 63.7 Å². The average molecular weight is 348 g/mol. The number of fused-ring (bicyclic) bond motifs is 2. The Balaban J connectivity index is 1.88. The lowest BCUT2D eigenvalue weighted by Crippen LogP contribution is -2.19. The van der Waals surface area contributed by atoms with Crippen molar-refractivity contribution in [3.8, 4) is 0 Å². The molecule has 0 unspecified atom stereocenters. The number of esters is 1. The maximum Gasteiger partial charge on any atom is 0.334 e. The van der Waals surface area contributed by atoms with Crippen LogP contribution in [0.2, 0.25) is 0 Å². The van der Waals surface area contributed by atoms with Crippen LogP contribution in [0.4, 0.5) is 0 Å². The molecule has 0 amide bonds. The van der Waals surface area contributed by atoms with Gasteiger partial charge in [-0.15, -0.1) is 0 Å². The third-order valence-corrected chi connectivity index (χ3v) is 5.71. The SMILES string of the molecule is CC1=C2C[C@H](O)/C(CO)=C/CC[C@]3(C)O[C@H]3CC/C(C)=C/[C@@H]2OC1=O. The minimum Gasteiger partial charge on any atom is -0.450 e. The van der Waals surface area contributed by atoms with E-state index < -0.39 is 12.2 Å². The smallest absolute Gasteiger partial charge is 0.334 e. The highest BCUT2D eigenvalue weighted by Gasteiger charge is 2.50. The van der Waals surface area contributed by atoms with Crippen LogP contribution in [0.5, 0.6) is 0 Å². The van der Waals surface area contributed by atoms with Crippen LogP contribution in [-0.4, -0.2) is 46.7 Å². The number of ether oxygens (including phenoxy) is 2. The van der Waals surface area contributed by atoms with E-state index in [0.29, 0.717) is 17.6 Å². The normalized spacial score (nSPS) is 40.8. The first-order chi connectivity index (χ1) is 11.8. The van der Waals surface area contributed by atoms with Gasteiger partial charge in [0.1, 0.15) is 6.10 Å². The van der Waals surface area contributed by atoms with Gasteiger partial charge in [0.05, 0.1) is 24.4 Å². The highest BCUT2D eigenvalue weighted by atomic mass is 16.6. The molecule has 0 aromatic heterocycles. The molecule has 25 heavy (non-hydrogen) atoms. The molecule has 3 rings (SSSR count). The average Bonchev–Trinajstić information content (AvgIpc) is 3.15. The lowest BCUT2D eigenvalue weighted by molar-refractivity contribution is -0.138. The van der Waals surface area contributed by atoms with Gasteiger partial charge in [-0.3, -0.25) is 0 Å². The summed E-state index contributed by atoms with van der Waals surface area (Å²) in [6.45, 7) is 5.71. The second-order valence-electron chi connectivity index (χ2n) is 7.64. The summed E-state index contributed by atoms with van der Waals surface area (Å²) >= 11 is 0. The summed E-state index contributed by atoms with van der Waals surface area (Å²) in [5.74, 6) is -0.326. The Kier molecular flexibility index (Phi) is 5.19. The number of allylic oxidation sites excluding steroid dienone is 2. The van der Waals surface area contributed by atoms with Gasteiger partial charge in [-0.1, -0.05) is 11.6 Å². The molecule has 2 aliphatic heterocycles. The molecule has 3 aliphatic rings. The Morgan fingerprint density at radius 3 is 2.84 bits per heavy atom. The molecule has 138 valence electrons. The van der Waals surface area contributed by atoms with Crippen molar-refractivity contribution in [3.63, 3.8) is 0 Å². The minimum absolute atomic E-state index is 0.103. The van der Waals surface area contributed by atoms with E-state index in [1.54, 1.807) is 6.92 Å². The summed E-state index contributed by atoms with van der Waals surface area (Å²) in [4.78, 5) is 12.0. The molecule has 1 saturated heterocycles. The van der Waals surface area contributed by atoms with Crippen LogP contribution in [0.3, 0.4) is 0 Å². The highest BCUT2D eigenvalue weighted by molar-refractivity contribution is 5.92. The number of carbonyl (C=O) groups excluding carboxylic acids is 1. The first-order valence-corrected chi connectivity index (χ1v) is 9.07. The van der Waals surface area contributed by atoms with Gasteiger partial charge in [0.25, 0.3) is 0 Å². The molecule has 0 radical (unpaired) electrons. The predicted molar refractivity (Wildman–Crippen MR) is 93.9 cm³/mol. The summed E-state index contributed by atoms with van der Waals surface area (Å²) in [6.07, 6.45) is 6.69. The van der Waals surface area contributed by atoms with E-state index >= 15 is 0 Å². The molecule has 5 nitrogen and oxygen atoms in total. The standard InChI is InChI=1S/C20H28O5/c1-12-6-7-18-20(3,25-18)8-4-5-14(11-21)16(22)10-15-13(2)19(23)24-17(15)9-12/h5,9,16-18,21-22H,4,6-8,10-11H2,1-3H3/b12-9+,14-5+/t16-,17-,18-,20-/m0/s1.